The van der Waals surface area contributed by atoms with Crippen molar-refractivity contribution in [3.05, 3.63) is 35.2 Å². The Morgan fingerprint density at radius 2 is 2.47 bits per heavy atom. The Labute approximate surface area is 103 Å². The number of hydrogen-bond acceptors (Lipinski definition) is 5. The highest BCUT2D eigenvalue weighted by Gasteiger charge is 2.06. The number of nitrogen functional groups attached to an aromatic ring is 1. The van der Waals surface area contributed by atoms with Crippen LogP contribution < -0.4 is 11.1 Å². The maximum Gasteiger partial charge on any atom is 0.226 e. The van der Waals surface area contributed by atoms with Gasteiger partial charge in [-0.2, -0.15) is 0 Å². The van der Waals surface area contributed by atoms with Crippen LogP contribution in [0.3, 0.4) is 0 Å². The Hall–Kier alpha value is -1.82. The van der Waals surface area contributed by atoms with Crippen LogP contribution in [0.15, 0.2) is 28.2 Å². The van der Waals surface area contributed by atoms with Gasteiger partial charge < -0.3 is 15.5 Å². The number of thiazole rings is 1. The summed E-state index contributed by atoms with van der Waals surface area (Å²) >= 11 is 1.34. The molecule has 5 nitrogen and oxygen atoms in total. The van der Waals surface area contributed by atoms with Crippen molar-refractivity contribution in [1.82, 2.24) is 10.3 Å². The van der Waals surface area contributed by atoms with Crippen LogP contribution in [0.4, 0.5) is 5.13 Å². The third-order valence-electron chi connectivity index (χ3n) is 2.18. The lowest BCUT2D eigenvalue weighted by Crippen LogP contribution is -2.27. The molecule has 1 amide bonds. The Kier molecular flexibility index (Phi) is 3.77. The van der Waals surface area contributed by atoms with E-state index in [9.17, 15) is 4.79 Å². The number of nitrogens with two attached hydrogens (primary N) is 1. The maximum absolute atomic E-state index is 11.5. The molecule has 0 spiro atoms. The molecule has 17 heavy (non-hydrogen) atoms. The van der Waals surface area contributed by atoms with Crippen LogP contribution in [-0.4, -0.2) is 17.4 Å². The lowest BCUT2D eigenvalue weighted by Gasteiger charge is -2.02. The lowest BCUT2D eigenvalue weighted by atomic mass is 10.3. The summed E-state index contributed by atoms with van der Waals surface area (Å²) in [5.74, 6) is 0.810. The normalized spacial score (nSPS) is 10.4. The molecule has 2 aromatic rings. The van der Waals surface area contributed by atoms with Gasteiger partial charge in [0.05, 0.1) is 18.4 Å². The van der Waals surface area contributed by atoms with Gasteiger partial charge in [-0.3, -0.25) is 4.79 Å². The van der Waals surface area contributed by atoms with Crippen LogP contribution in [0.2, 0.25) is 0 Å². The van der Waals surface area contributed by atoms with Crippen molar-refractivity contribution in [2.45, 2.75) is 12.8 Å². The number of furan rings is 1. The summed E-state index contributed by atoms with van der Waals surface area (Å²) in [6, 6.07) is 3.71. The molecule has 0 aliphatic rings. The fourth-order valence-corrected chi connectivity index (χ4v) is 1.97. The molecule has 2 aromatic heterocycles. The summed E-state index contributed by atoms with van der Waals surface area (Å²) in [4.78, 5) is 15.6. The van der Waals surface area contributed by atoms with Gasteiger partial charge in [0, 0.05) is 18.3 Å². The van der Waals surface area contributed by atoms with E-state index in [-0.39, 0.29) is 12.3 Å². The highest BCUT2D eigenvalue weighted by Crippen LogP contribution is 2.11. The number of nitrogens with zero attached hydrogens (tertiary/aromatic N) is 1. The van der Waals surface area contributed by atoms with E-state index in [4.69, 9.17) is 10.2 Å². The van der Waals surface area contributed by atoms with Gasteiger partial charge in [-0.15, -0.1) is 11.3 Å². The maximum atomic E-state index is 11.5. The Morgan fingerprint density at radius 1 is 1.59 bits per heavy atom. The van der Waals surface area contributed by atoms with Crippen molar-refractivity contribution in [2.24, 2.45) is 0 Å². The molecular weight excluding hydrogens is 238 g/mol. The van der Waals surface area contributed by atoms with Crippen LogP contribution >= 0.6 is 11.3 Å². The molecule has 0 aromatic carbocycles. The van der Waals surface area contributed by atoms with Gasteiger partial charge in [0.1, 0.15) is 5.76 Å². The molecule has 0 saturated carbocycles. The summed E-state index contributed by atoms with van der Waals surface area (Å²) in [6.45, 7) is 0.561. The van der Waals surface area contributed by atoms with Gasteiger partial charge in [0.15, 0.2) is 5.13 Å². The van der Waals surface area contributed by atoms with Crippen LogP contribution in [-0.2, 0) is 17.6 Å². The lowest BCUT2D eigenvalue weighted by molar-refractivity contribution is -0.120. The van der Waals surface area contributed by atoms with E-state index < -0.39 is 0 Å². The van der Waals surface area contributed by atoms with Crippen LogP contribution in [0.1, 0.15) is 11.5 Å². The topological polar surface area (TPSA) is 81.1 Å². The summed E-state index contributed by atoms with van der Waals surface area (Å²) in [5.41, 5.74) is 6.19. The zero-order valence-electron chi connectivity index (χ0n) is 9.18. The highest BCUT2D eigenvalue weighted by atomic mass is 32.1. The number of carbonyl (C=O) groups is 1. The summed E-state index contributed by atoms with van der Waals surface area (Å²) in [5, 5.41) is 5.09. The van der Waals surface area contributed by atoms with E-state index in [2.05, 4.69) is 10.3 Å². The van der Waals surface area contributed by atoms with Gasteiger partial charge in [-0.25, -0.2) is 4.98 Å². The molecule has 2 rings (SSSR count). The van der Waals surface area contributed by atoms with E-state index >= 15 is 0 Å². The van der Waals surface area contributed by atoms with E-state index in [0.29, 0.717) is 23.8 Å². The standard InChI is InChI=1S/C11H13N3O2S/c12-11-14-8(7-17-11)6-10(15)13-4-3-9-2-1-5-16-9/h1-2,5,7H,3-4,6H2,(H2,12,14)(H,13,15). The van der Waals surface area contributed by atoms with E-state index in [1.165, 1.54) is 11.3 Å². The molecule has 90 valence electrons. The fraction of sp³-hybridized carbons (Fsp3) is 0.273. The van der Waals surface area contributed by atoms with Crippen LogP contribution in [0.25, 0.3) is 0 Å². The SMILES string of the molecule is Nc1nc(CC(=O)NCCc2ccco2)cs1. The van der Waals surface area contributed by atoms with E-state index in [0.717, 1.165) is 5.76 Å². The van der Waals surface area contributed by atoms with Crippen molar-refractivity contribution in [1.29, 1.82) is 0 Å². The van der Waals surface area contributed by atoms with Crippen molar-refractivity contribution < 1.29 is 9.21 Å². The van der Waals surface area contributed by atoms with E-state index in [1.807, 2.05) is 12.1 Å². The molecule has 6 heteroatoms. The smallest absolute Gasteiger partial charge is 0.226 e. The fourth-order valence-electron chi connectivity index (χ4n) is 1.41. The Balaban J connectivity index is 1.71. The average molecular weight is 251 g/mol. The number of hydrogen-bond donors (Lipinski definition) is 2. The first-order chi connectivity index (χ1) is 8.24. The van der Waals surface area contributed by atoms with Gasteiger partial charge in [0.25, 0.3) is 0 Å². The first-order valence-corrected chi connectivity index (χ1v) is 6.11. The third kappa shape index (κ3) is 3.60. The summed E-state index contributed by atoms with van der Waals surface area (Å²) < 4.78 is 5.16. The van der Waals surface area contributed by atoms with Crippen LogP contribution in [0.5, 0.6) is 0 Å². The Bertz CT molecular complexity index is 479. The zero-order chi connectivity index (χ0) is 12.1. The predicted molar refractivity (Wildman–Crippen MR) is 65.7 cm³/mol. The minimum atomic E-state index is -0.0538. The number of carbonyl (C=O) groups excluding carboxylic acids is 1. The molecule has 3 N–H and O–H groups in total. The molecule has 0 saturated heterocycles. The number of amides is 1. The molecule has 0 fully saturated rings. The van der Waals surface area contributed by atoms with Gasteiger partial charge >= 0.3 is 0 Å². The van der Waals surface area contributed by atoms with Crippen molar-refractivity contribution >= 4 is 22.4 Å². The highest BCUT2D eigenvalue weighted by molar-refractivity contribution is 7.13. The van der Waals surface area contributed by atoms with Crippen molar-refractivity contribution in [3.63, 3.8) is 0 Å². The van der Waals surface area contributed by atoms with Gasteiger partial charge in [0.2, 0.25) is 5.91 Å². The van der Waals surface area contributed by atoms with Crippen LogP contribution in [0, 0.1) is 0 Å². The van der Waals surface area contributed by atoms with Crippen molar-refractivity contribution in [2.75, 3.05) is 12.3 Å². The second kappa shape index (κ2) is 5.49. The molecule has 2 heterocycles. The molecule has 0 radical (unpaired) electrons. The first kappa shape index (κ1) is 11.7. The predicted octanol–water partition coefficient (Wildman–Crippen LogP) is 1.22. The molecule has 0 bridgehead atoms. The largest absolute Gasteiger partial charge is 0.469 e. The van der Waals surface area contributed by atoms with Gasteiger partial charge in [-0.1, -0.05) is 0 Å². The first-order valence-electron chi connectivity index (χ1n) is 5.23. The second-order valence-electron chi connectivity index (χ2n) is 3.53. The average Bonchev–Trinajstić information content (AvgIpc) is 2.90. The van der Waals surface area contributed by atoms with Crippen molar-refractivity contribution in [3.8, 4) is 0 Å². The monoisotopic (exact) mass is 251 g/mol. The minimum absolute atomic E-state index is 0.0538. The number of nitrogens with one attached hydrogen (secondary N) is 1. The van der Waals surface area contributed by atoms with Gasteiger partial charge in [-0.05, 0) is 12.1 Å². The number of rotatable bonds is 5. The molecular formula is C11H13N3O2S. The minimum Gasteiger partial charge on any atom is -0.469 e. The quantitative estimate of drug-likeness (QED) is 0.837. The molecule has 0 atom stereocenters. The number of aromatic nitrogens is 1. The number of anilines is 1. The zero-order valence-corrected chi connectivity index (χ0v) is 10.00. The molecule has 0 unspecified atom stereocenters. The molecule has 0 aliphatic heterocycles. The Morgan fingerprint density at radius 3 is 3.12 bits per heavy atom. The van der Waals surface area contributed by atoms with E-state index in [1.54, 1.807) is 11.6 Å². The summed E-state index contributed by atoms with van der Waals surface area (Å²) in [7, 11) is 0. The molecule has 0 aliphatic carbocycles. The summed E-state index contributed by atoms with van der Waals surface area (Å²) in [6.07, 6.45) is 2.58. The second-order valence-corrected chi connectivity index (χ2v) is 4.42. The third-order valence-corrected chi connectivity index (χ3v) is 2.91.